The average Bonchev–Trinajstić information content (AvgIpc) is 3.24. The van der Waals surface area contributed by atoms with Crippen molar-refractivity contribution in [2.75, 3.05) is 13.1 Å². The summed E-state index contributed by atoms with van der Waals surface area (Å²) in [4.78, 5) is 37.8. The summed E-state index contributed by atoms with van der Waals surface area (Å²) in [5, 5.41) is 18.2. The third kappa shape index (κ3) is 2.99. The van der Waals surface area contributed by atoms with Crippen LogP contribution in [0.2, 0.25) is 0 Å². The van der Waals surface area contributed by atoms with E-state index in [0.717, 1.165) is 17.7 Å². The highest BCUT2D eigenvalue weighted by Gasteiger charge is 2.38. The van der Waals surface area contributed by atoms with Crippen LogP contribution in [-0.2, 0) is 6.54 Å². The lowest BCUT2D eigenvalue weighted by molar-refractivity contribution is -0.386. The molecule has 9 nitrogen and oxygen atoms in total. The van der Waals surface area contributed by atoms with Crippen LogP contribution >= 0.6 is 0 Å². The van der Waals surface area contributed by atoms with Crippen molar-refractivity contribution < 1.29 is 9.72 Å². The lowest BCUT2D eigenvalue weighted by atomic mass is 9.83. The van der Waals surface area contributed by atoms with Crippen LogP contribution in [0.3, 0.4) is 0 Å². The molecule has 1 N–H and O–H groups in total. The molecule has 5 rings (SSSR count). The Kier molecular flexibility index (Phi) is 4.23. The van der Waals surface area contributed by atoms with Crippen molar-refractivity contribution in [3.8, 4) is 11.3 Å². The molecular weight excluding hydrogens is 386 g/mol. The Hall–Kier alpha value is -3.75. The number of nitrogens with zero attached hydrogens (tertiary/aromatic N) is 4. The van der Waals surface area contributed by atoms with E-state index in [0.29, 0.717) is 31.0 Å². The minimum Gasteiger partial charge on any atom is -0.336 e. The van der Waals surface area contributed by atoms with Gasteiger partial charge in [0, 0.05) is 42.9 Å². The maximum Gasteiger partial charge on any atom is 0.334 e. The topological polar surface area (TPSA) is 114 Å². The number of amides is 1. The number of carbonyl (C=O) groups is 1. The van der Waals surface area contributed by atoms with Gasteiger partial charge in [-0.05, 0) is 24.5 Å². The van der Waals surface area contributed by atoms with Gasteiger partial charge in [0.1, 0.15) is 5.69 Å². The van der Waals surface area contributed by atoms with Crippen LogP contribution in [0.25, 0.3) is 11.3 Å². The van der Waals surface area contributed by atoms with Gasteiger partial charge in [-0.2, -0.15) is 5.10 Å². The molecule has 0 radical (unpaired) electrons. The number of piperidine rings is 1. The van der Waals surface area contributed by atoms with E-state index in [9.17, 15) is 19.7 Å². The Morgan fingerprint density at radius 3 is 2.70 bits per heavy atom. The first-order chi connectivity index (χ1) is 14.5. The number of pyridine rings is 1. The Bertz CT molecular complexity index is 1200. The normalized spacial score (nSPS) is 19.9. The molecule has 0 spiro atoms. The van der Waals surface area contributed by atoms with E-state index in [1.807, 2.05) is 30.3 Å². The maximum atomic E-state index is 13.1. The number of hydrogen-bond donors (Lipinski definition) is 1. The van der Waals surface area contributed by atoms with Crippen LogP contribution in [0.5, 0.6) is 0 Å². The summed E-state index contributed by atoms with van der Waals surface area (Å²) in [6.07, 6.45) is 0.860. The first-order valence-electron chi connectivity index (χ1n) is 9.79. The van der Waals surface area contributed by atoms with Gasteiger partial charge in [0.25, 0.3) is 5.91 Å². The fourth-order valence-corrected chi connectivity index (χ4v) is 4.60. The lowest BCUT2D eigenvalue weighted by Crippen LogP contribution is -2.49. The SMILES string of the molecule is O=C(c1cc(-c2ccccc2)n[nH]1)N1C[C@H]2C[C@@H](C1)c1ccc([N+](=O)[O-])c(=O)n1C2. The third-order valence-electron chi connectivity index (χ3n) is 5.95. The summed E-state index contributed by atoms with van der Waals surface area (Å²) in [5.41, 5.74) is 1.85. The minimum absolute atomic E-state index is 0.0218. The second-order valence-corrected chi connectivity index (χ2v) is 7.86. The molecule has 1 fully saturated rings. The van der Waals surface area contributed by atoms with Crippen LogP contribution in [0.4, 0.5) is 5.69 Å². The van der Waals surface area contributed by atoms with Crippen molar-refractivity contribution in [1.29, 1.82) is 0 Å². The largest absolute Gasteiger partial charge is 0.336 e. The van der Waals surface area contributed by atoms with Crippen LogP contribution in [0.1, 0.15) is 28.5 Å². The lowest BCUT2D eigenvalue weighted by Gasteiger charge is -2.42. The number of H-pyrrole nitrogens is 1. The predicted molar refractivity (Wildman–Crippen MR) is 108 cm³/mol. The fourth-order valence-electron chi connectivity index (χ4n) is 4.60. The number of aromatic nitrogens is 3. The van der Waals surface area contributed by atoms with Gasteiger partial charge < -0.3 is 9.47 Å². The number of aromatic amines is 1. The zero-order valence-electron chi connectivity index (χ0n) is 16.0. The molecule has 0 unspecified atom stereocenters. The number of nitrogens with one attached hydrogen (secondary N) is 1. The van der Waals surface area contributed by atoms with Gasteiger partial charge in [0.2, 0.25) is 0 Å². The molecule has 2 aromatic heterocycles. The van der Waals surface area contributed by atoms with E-state index in [4.69, 9.17) is 0 Å². The van der Waals surface area contributed by atoms with E-state index in [1.54, 1.807) is 17.0 Å². The Morgan fingerprint density at radius 2 is 1.93 bits per heavy atom. The van der Waals surface area contributed by atoms with E-state index in [2.05, 4.69) is 10.2 Å². The molecule has 3 aromatic rings. The zero-order chi connectivity index (χ0) is 20.8. The van der Waals surface area contributed by atoms with Gasteiger partial charge in [0.15, 0.2) is 0 Å². The molecule has 2 aliphatic heterocycles. The first kappa shape index (κ1) is 18.3. The van der Waals surface area contributed by atoms with Crippen LogP contribution in [0, 0.1) is 16.0 Å². The van der Waals surface area contributed by atoms with Crippen molar-refractivity contribution >= 4 is 11.6 Å². The molecule has 30 heavy (non-hydrogen) atoms. The van der Waals surface area contributed by atoms with Crippen molar-refractivity contribution in [2.45, 2.75) is 18.9 Å². The van der Waals surface area contributed by atoms with Crippen LogP contribution in [-0.4, -0.2) is 43.6 Å². The highest BCUT2D eigenvalue weighted by atomic mass is 16.6. The van der Waals surface area contributed by atoms with E-state index in [-0.39, 0.29) is 17.7 Å². The summed E-state index contributed by atoms with van der Waals surface area (Å²) in [7, 11) is 0. The van der Waals surface area contributed by atoms with Gasteiger partial charge in [-0.25, -0.2) is 0 Å². The maximum absolute atomic E-state index is 13.1. The number of nitro groups is 1. The molecule has 1 saturated heterocycles. The smallest absolute Gasteiger partial charge is 0.334 e. The molecule has 9 heteroatoms. The standard InChI is InChI=1S/C21H19N5O4/c27-20(17-9-16(22-23-17)14-4-2-1-3-5-14)24-10-13-8-15(12-24)18-6-7-19(26(29)30)21(28)25(18)11-13/h1-7,9,13,15H,8,10-12H2,(H,22,23)/t13-,15+/m1/s1. The molecule has 1 aromatic carbocycles. The van der Waals surface area contributed by atoms with Gasteiger partial charge in [-0.1, -0.05) is 30.3 Å². The summed E-state index contributed by atoms with van der Waals surface area (Å²) in [5.74, 6) is -0.0695. The second kappa shape index (κ2) is 6.94. The van der Waals surface area contributed by atoms with Gasteiger partial charge in [-0.3, -0.25) is 24.8 Å². The van der Waals surface area contributed by atoms with Crippen molar-refractivity contribution in [2.24, 2.45) is 5.92 Å². The highest BCUT2D eigenvalue weighted by molar-refractivity contribution is 5.93. The summed E-state index contributed by atoms with van der Waals surface area (Å²) >= 11 is 0. The average molecular weight is 405 g/mol. The molecule has 2 aliphatic rings. The van der Waals surface area contributed by atoms with Gasteiger partial charge >= 0.3 is 11.2 Å². The third-order valence-corrected chi connectivity index (χ3v) is 5.95. The van der Waals surface area contributed by atoms with Crippen molar-refractivity contribution in [1.82, 2.24) is 19.7 Å². The fraction of sp³-hybridized carbons (Fsp3) is 0.286. The number of carbonyl (C=O) groups excluding carboxylic acids is 1. The predicted octanol–water partition coefficient (Wildman–Crippen LogP) is 2.41. The minimum atomic E-state index is -0.640. The number of hydrogen-bond acceptors (Lipinski definition) is 5. The van der Waals surface area contributed by atoms with E-state index < -0.39 is 16.2 Å². The summed E-state index contributed by atoms with van der Waals surface area (Å²) in [6.45, 7) is 1.35. The zero-order valence-corrected chi connectivity index (χ0v) is 16.0. The Balaban J connectivity index is 1.40. The molecular formula is C21H19N5O4. The molecule has 2 bridgehead atoms. The number of benzene rings is 1. The Labute approximate surface area is 171 Å². The molecule has 0 aliphatic carbocycles. The molecule has 1 amide bonds. The number of fused-ring (bicyclic) bond motifs is 4. The molecule has 2 atom stereocenters. The monoisotopic (exact) mass is 405 g/mol. The van der Waals surface area contributed by atoms with Crippen LogP contribution < -0.4 is 5.56 Å². The summed E-state index contributed by atoms with van der Waals surface area (Å²) < 4.78 is 1.52. The first-order valence-corrected chi connectivity index (χ1v) is 9.79. The quantitative estimate of drug-likeness (QED) is 0.531. The molecule has 0 saturated carbocycles. The van der Waals surface area contributed by atoms with E-state index >= 15 is 0 Å². The van der Waals surface area contributed by atoms with Gasteiger partial charge in [0.05, 0.1) is 10.6 Å². The highest BCUT2D eigenvalue weighted by Crippen LogP contribution is 2.36. The second-order valence-electron chi connectivity index (χ2n) is 7.86. The van der Waals surface area contributed by atoms with Gasteiger partial charge in [-0.15, -0.1) is 0 Å². The van der Waals surface area contributed by atoms with Crippen LogP contribution in [0.15, 0.2) is 53.3 Å². The molecule has 4 heterocycles. The van der Waals surface area contributed by atoms with E-state index in [1.165, 1.54) is 10.6 Å². The van der Waals surface area contributed by atoms with Crippen molar-refractivity contribution in [3.05, 3.63) is 80.4 Å². The molecule has 152 valence electrons. The van der Waals surface area contributed by atoms with Crippen molar-refractivity contribution in [3.63, 3.8) is 0 Å². The summed E-state index contributed by atoms with van der Waals surface area (Å²) in [6, 6.07) is 14.3. The Morgan fingerprint density at radius 1 is 1.13 bits per heavy atom. The number of rotatable bonds is 3. The number of likely N-dealkylation sites (tertiary alicyclic amines) is 1.